The van der Waals surface area contributed by atoms with Crippen molar-refractivity contribution in [2.45, 2.75) is 37.4 Å². The van der Waals surface area contributed by atoms with E-state index in [1.807, 2.05) is 12.1 Å². The second-order valence-corrected chi connectivity index (χ2v) is 8.58. The molecule has 1 N–H and O–H groups in total. The Labute approximate surface area is 187 Å². The normalized spacial score (nSPS) is 14.5. The highest BCUT2D eigenvalue weighted by molar-refractivity contribution is 7.99. The number of rotatable bonds is 13. The molecule has 1 aromatic heterocycles. The Hall–Kier alpha value is -2.17. The van der Waals surface area contributed by atoms with Crippen molar-refractivity contribution in [1.82, 2.24) is 30.4 Å². The number of amides is 1. The number of benzene rings is 1. The molecule has 1 aromatic carbocycles. The van der Waals surface area contributed by atoms with Crippen LogP contribution >= 0.6 is 11.8 Å². The highest BCUT2D eigenvalue weighted by Gasteiger charge is 2.10. The lowest BCUT2D eigenvalue weighted by atomic mass is 10.1. The van der Waals surface area contributed by atoms with Crippen LogP contribution < -0.4 is 10.1 Å². The predicted molar refractivity (Wildman–Crippen MR) is 119 cm³/mol. The molecule has 1 aliphatic rings. The van der Waals surface area contributed by atoms with Gasteiger partial charge in [0.2, 0.25) is 11.1 Å². The molecule has 0 saturated carbocycles. The molecule has 2 aromatic rings. The van der Waals surface area contributed by atoms with Gasteiger partial charge in [0.05, 0.1) is 13.2 Å². The third-order valence-corrected chi connectivity index (χ3v) is 5.91. The maximum Gasteiger partial charge on any atom is 0.245 e. The minimum absolute atomic E-state index is 0.0526. The van der Waals surface area contributed by atoms with Crippen LogP contribution in [0.25, 0.3) is 0 Å². The Kier molecular flexibility index (Phi) is 10.1. The van der Waals surface area contributed by atoms with Gasteiger partial charge in [0.15, 0.2) is 0 Å². The van der Waals surface area contributed by atoms with E-state index in [1.165, 1.54) is 49.7 Å². The fourth-order valence-electron chi connectivity index (χ4n) is 3.35. The number of carbonyl (C=O) groups is 1. The summed E-state index contributed by atoms with van der Waals surface area (Å²) in [5, 5.41) is 14.8. The first-order chi connectivity index (χ1) is 15.2. The summed E-state index contributed by atoms with van der Waals surface area (Å²) in [5.41, 5.74) is 1.29. The van der Waals surface area contributed by atoms with Gasteiger partial charge in [0, 0.05) is 25.9 Å². The first-order valence-corrected chi connectivity index (χ1v) is 11.8. The summed E-state index contributed by atoms with van der Waals surface area (Å²) >= 11 is 1.49. The predicted octanol–water partition coefficient (Wildman–Crippen LogP) is 1.89. The molecule has 2 heterocycles. The summed E-state index contributed by atoms with van der Waals surface area (Å²) < 4.78 is 12.8. The lowest BCUT2D eigenvalue weighted by molar-refractivity contribution is -0.125. The van der Waals surface area contributed by atoms with Crippen molar-refractivity contribution < 1.29 is 14.3 Å². The number of hydrogen-bond donors (Lipinski definition) is 1. The zero-order chi connectivity index (χ0) is 21.7. The van der Waals surface area contributed by atoms with Gasteiger partial charge in [0.1, 0.15) is 12.4 Å². The Morgan fingerprint density at radius 1 is 1.23 bits per heavy atom. The molecule has 170 valence electrons. The van der Waals surface area contributed by atoms with Crippen LogP contribution in [0.4, 0.5) is 0 Å². The van der Waals surface area contributed by atoms with Crippen LogP contribution in [0.2, 0.25) is 0 Å². The highest BCUT2D eigenvalue weighted by Crippen LogP contribution is 2.17. The van der Waals surface area contributed by atoms with E-state index in [2.05, 4.69) is 37.9 Å². The SMILES string of the molecule is Cn1nnnc1SCCOCC(=O)NCCCOc1cccc(CN2CCCCC2)c1. The first-order valence-electron chi connectivity index (χ1n) is 10.8. The topological polar surface area (TPSA) is 94.4 Å². The Morgan fingerprint density at radius 2 is 2.10 bits per heavy atom. The van der Waals surface area contributed by atoms with Crippen LogP contribution in [0.1, 0.15) is 31.2 Å². The maximum atomic E-state index is 11.8. The zero-order valence-electron chi connectivity index (χ0n) is 18.2. The van der Waals surface area contributed by atoms with E-state index in [-0.39, 0.29) is 12.5 Å². The molecular formula is C21H32N6O3S. The second kappa shape index (κ2) is 13.3. The number of nitrogens with one attached hydrogen (secondary N) is 1. The van der Waals surface area contributed by atoms with Gasteiger partial charge in [-0.3, -0.25) is 9.69 Å². The van der Waals surface area contributed by atoms with Gasteiger partial charge in [0.25, 0.3) is 0 Å². The quantitative estimate of drug-likeness (QED) is 0.367. The summed E-state index contributed by atoms with van der Waals surface area (Å²) in [4.78, 5) is 14.3. The number of likely N-dealkylation sites (tertiary alicyclic amines) is 1. The van der Waals surface area contributed by atoms with Gasteiger partial charge in [-0.2, -0.15) is 0 Å². The van der Waals surface area contributed by atoms with Gasteiger partial charge in [-0.15, -0.1) is 5.10 Å². The van der Waals surface area contributed by atoms with Crippen molar-refractivity contribution in [1.29, 1.82) is 0 Å². The summed E-state index contributed by atoms with van der Waals surface area (Å²) in [6.07, 6.45) is 4.69. The molecule has 0 spiro atoms. The molecule has 31 heavy (non-hydrogen) atoms. The van der Waals surface area contributed by atoms with Crippen LogP contribution in [0.3, 0.4) is 0 Å². The van der Waals surface area contributed by atoms with E-state index in [4.69, 9.17) is 9.47 Å². The average Bonchev–Trinajstić information content (AvgIpc) is 3.19. The molecule has 0 unspecified atom stereocenters. The number of aryl methyl sites for hydroxylation is 1. The number of piperidine rings is 1. The van der Waals surface area contributed by atoms with Crippen molar-refractivity contribution in [3.8, 4) is 5.75 Å². The van der Waals surface area contributed by atoms with Gasteiger partial charge in [-0.25, -0.2) is 4.68 Å². The first kappa shape index (κ1) is 23.5. The van der Waals surface area contributed by atoms with Crippen molar-refractivity contribution in [3.63, 3.8) is 0 Å². The van der Waals surface area contributed by atoms with E-state index >= 15 is 0 Å². The van der Waals surface area contributed by atoms with Crippen molar-refractivity contribution in [3.05, 3.63) is 29.8 Å². The van der Waals surface area contributed by atoms with Gasteiger partial charge in [-0.05, 0) is 60.5 Å². The molecule has 9 nitrogen and oxygen atoms in total. The standard InChI is InChI=1S/C21H32N6O3S/c1-26-21(23-24-25-26)31-14-13-29-17-20(28)22-9-6-12-30-19-8-5-7-18(15-19)16-27-10-3-2-4-11-27/h5,7-8,15H,2-4,6,9-14,16-17H2,1H3,(H,22,28). The van der Waals surface area contributed by atoms with Crippen LogP contribution in [0.5, 0.6) is 5.75 Å². The number of thioether (sulfide) groups is 1. The van der Waals surface area contributed by atoms with E-state index in [0.717, 1.165) is 23.9 Å². The van der Waals surface area contributed by atoms with Crippen molar-refractivity contribution in [2.24, 2.45) is 7.05 Å². The molecule has 3 rings (SSSR count). The monoisotopic (exact) mass is 448 g/mol. The third kappa shape index (κ3) is 8.84. The number of nitrogens with zero attached hydrogens (tertiary/aromatic N) is 5. The van der Waals surface area contributed by atoms with E-state index in [9.17, 15) is 4.79 Å². The van der Waals surface area contributed by atoms with Crippen LogP contribution in [0.15, 0.2) is 29.4 Å². The van der Waals surface area contributed by atoms with Crippen molar-refractivity contribution >= 4 is 17.7 Å². The third-order valence-electron chi connectivity index (χ3n) is 4.94. The number of tetrazole rings is 1. The zero-order valence-corrected chi connectivity index (χ0v) is 19.0. The fraction of sp³-hybridized carbons (Fsp3) is 0.619. The summed E-state index contributed by atoms with van der Waals surface area (Å²) in [5.74, 6) is 1.46. The summed E-state index contributed by atoms with van der Waals surface area (Å²) in [7, 11) is 1.78. The largest absolute Gasteiger partial charge is 0.494 e. The lowest BCUT2D eigenvalue weighted by Crippen LogP contribution is -2.29. The molecular weight excluding hydrogens is 416 g/mol. The smallest absolute Gasteiger partial charge is 0.245 e. The maximum absolute atomic E-state index is 11.8. The van der Waals surface area contributed by atoms with Crippen LogP contribution in [0, 0.1) is 0 Å². The van der Waals surface area contributed by atoms with E-state index in [0.29, 0.717) is 25.5 Å². The van der Waals surface area contributed by atoms with Gasteiger partial charge in [-0.1, -0.05) is 30.3 Å². The lowest BCUT2D eigenvalue weighted by Gasteiger charge is -2.26. The molecule has 1 aliphatic heterocycles. The Bertz CT molecular complexity index is 797. The highest BCUT2D eigenvalue weighted by atomic mass is 32.2. The minimum atomic E-state index is -0.117. The number of hydrogen-bond acceptors (Lipinski definition) is 8. The fourth-order valence-corrected chi connectivity index (χ4v) is 4.05. The number of aromatic nitrogens is 4. The van der Waals surface area contributed by atoms with E-state index < -0.39 is 0 Å². The molecule has 1 saturated heterocycles. The summed E-state index contributed by atoms with van der Waals surface area (Å²) in [6.45, 7) is 5.00. The van der Waals surface area contributed by atoms with Crippen LogP contribution in [-0.4, -0.2) is 76.2 Å². The molecule has 1 amide bonds. The van der Waals surface area contributed by atoms with Gasteiger partial charge >= 0.3 is 0 Å². The molecule has 1 fully saturated rings. The molecule has 0 atom stereocenters. The summed E-state index contributed by atoms with van der Waals surface area (Å²) in [6, 6.07) is 8.31. The van der Waals surface area contributed by atoms with Crippen molar-refractivity contribution in [2.75, 3.05) is 45.2 Å². The molecule has 0 radical (unpaired) electrons. The Morgan fingerprint density at radius 3 is 2.90 bits per heavy atom. The average molecular weight is 449 g/mol. The number of carbonyl (C=O) groups excluding carboxylic acids is 1. The van der Waals surface area contributed by atoms with E-state index in [1.54, 1.807) is 11.7 Å². The molecule has 0 aliphatic carbocycles. The van der Waals surface area contributed by atoms with Crippen LogP contribution in [-0.2, 0) is 23.1 Å². The van der Waals surface area contributed by atoms with Gasteiger partial charge < -0.3 is 14.8 Å². The molecule has 10 heteroatoms. The Balaban J connectivity index is 1.21. The number of ether oxygens (including phenoxy) is 2. The second-order valence-electron chi connectivity index (χ2n) is 7.52. The minimum Gasteiger partial charge on any atom is -0.494 e. The molecule has 0 bridgehead atoms.